The van der Waals surface area contributed by atoms with Crippen LogP contribution in [-0.2, 0) is 0 Å². The first-order valence-corrected chi connectivity index (χ1v) is 3.32. The van der Waals surface area contributed by atoms with Crippen molar-refractivity contribution in [1.29, 1.82) is 0 Å². The maximum atomic E-state index is 9.82. The molecule has 0 aromatic carbocycles. The van der Waals surface area contributed by atoms with E-state index in [-0.39, 0.29) is 11.0 Å². The van der Waals surface area contributed by atoms with Crippen LogP contribution >= 0.6 is 0 Å². The molecular formula is H4F2O2Pb. The summed E-state index contributed by atoms with van der Waals surface area (Å²) in [5, 5.41) is 0. The third kappa shape index (κ3) is 69.6. The zero-order valence-electron chi connectivity index (χ0n) is 2.26. The van der Waals surface area contributed by atoms with E-state index in [0.717, 1.165) is 0 Å². The zero-order chi connectivity index (χ0) is 2.71. The quantitative estimate of drug-likeness (QED) is 0.501. The first-order chi connectivity index (χ1) is 1.41. The maximum absolute atomic E-state index is 9.82. The molecular weight excluding hydrogens is 277 g/mol. The van der Waals surface area contributed by atoms with Crippen LogP contribution in [-0.4, -0.2) is 36.4 Å². The van der Waals surface area contributed by atoms with Gasteiger partial charge in [0.25, 0.3) is 0 Å². The van der Waals surface area contributed by atoms with Gasteiger partial charge in [0.2, 0.25) is 0 Å². The van der Waals surface area contributed by atoms with Gasteiger partial charge in [-0.3, -0.25) is 0 Å². The predicted molar refractivity (Wildman–Crippen MR) is 15.2 cm³/mol. The molecule has 4 N–H and O–H groups in total. The topological polar surface area (TPSA) is 63.0 Å². The predicted octanol–water partition coefficient (Wildman–Crippen LogP) is -1.19. The van der Waals surface area contributed by atoms with Crippen LogP contribution in [0.2, 0.25) is 0 Å². The van der Waals surface area contributed by atoms with Gasteiger partial charge in [-0.05, 0) is 0 Å². The second-order valence-corrected chi connectivity index (χ2v) is 0.627. The Hall–Kier alpha value is 0.702. The second-order valence-electron chi connectivity index (χ2n) is 0.0714. The van der Waals surface area contributed by atoms with E-state index >= 15 is 0 Å². The van der Waals surface area contributed by atoms with Crippen molar-refractivity contribution in [3.8, 4) is 0 Å². The first-order valence-electron chi connectivity index (χ1n) is 0.378. The molecule has 5 heteroatoms. The van der Waals surface area contributed by atoms with Crippen molar-refractivity contribution in [2.24, 2.45) is 0 Å². The Labute approximate surface area is 41.9 Å². The standard InChI is InChI=1S/2FH.2H2O.Pb/h2*1H;2*1H2;/q;;;;+2/p-2. The van der Waals surface area contributed by atoms with E-state index < -0.39 is 25.5 Å². The summed E-state index contributed by atoms with van der Waals surface area (Å²) in [5.74, 6) is 0. The third-order valence-corrected chi connectivity index (χ3v) is 0. The van der Waals surface area contributed by atoms with Crippen molar-refractivity contribution in [1.82, 2.24) is 0 Å². The first kappa shape index (κ1) is 17.3. The molecule has 0 aliphatic rings. The summed E-state index contributed by atoms with van der Waals surface area (Å²) < 4.78 is 19.6. The van der Waals surface area contributed by atoms with Crippen LogP contribution < -0.4 is 0 Å². The Kier molecular flexibility index (Phi) is 76.8. The Morgan fingerprint density at radius 3 is 1.00 bits per heavy atom. The van der Waals surface area contributed by atoms with E-state index in [1.807, 2.05) is 0 Å². The van der Waals surface area contributed by atoms with Crippen LogP contribution in [0, 0.1) is 0 Å². The van der Waals surface area contributed by atoms with E-state index in [1.165, 1.54) is 0 Å². The molecule has 0 aliphatic carbocycles. The van der Waals surface area contributed by atoms with Gasteiger partial charge < -0.3 is 11.0 Å². The van der Waals surface area contributed by atoms with Gasteiger partial charge >= 0.3 is 30.5 Å². The van der Waals surface area contributed by atoms with Crippen molar-refractivity contribution in [2.75, 3.05) is 0 Å². The molecule has 0 heterocycles. The molecule has 0 spiro atoms. The Morgan fingerprint density at radius 2 is 1.00 bits per heavy atom. The molecule has 0 fully saturated rings. The van der Waals surface area contributed by atoms with Gasteiger partial charge in [-0.1, -0.05) is 0 Å². The van der Waals surface area contributed by atoms with E-state index in [0.29, 0.717) is 0 Å². The number of hydrogen-bond acceptors (Lipinski definition) is 0. The third-order valence-electron chi connectivity index (χ3n) is 0. The molecule has 2 radical (unpaired) electrons. The van der Waals surface area contributed by atoms with Gasteiger partial charge in [0.1, 0.15) is 0 Å². The Bertz CT molecular complexity index is 7.61. The van der Waals surface area contributed by atoms with Crippen LogP contribution in [0.4, 0.5) is 5.02 Å². The van der Waals surface area contributed by atoms with E-state index in [2.05, 4.69) is 0 Å². The molecule has 0 aromatic heterocycles. The van der Waals surface area contributed by atoms with Crippen LogP contribution in [0.1, 0.15) is 0 Å². The fraction of sp³-hybridized carbons (Fsp3) is 0. The van der Waals surface area contributed by atoms with Crippen molar-refractivity contribution < 1.29 is 16.0 Å². The second kappa shape index (κ2) is 22.2. The zero-order valence-corrected chi connectivity index (χ0v) is 6.14. The molecule has 0 saturated carbocycles. The molecule has 0 rings (SSSR count). The van der Waals surface area contributed by atoms with Crippen molar-refractivity contribution >= 4 is 25.5 Å². The molecule has 0 aliphatic heterocycles. The molecule has 0 saturated heterocycles. The molecule has 2 nitrogen and oxygen atoms in total. The molecule has 0 bridgehead atoms. The molecule has 0 amide bonds. The van der Waals surface area contributed by atoms with Crippen molar-refractivity contribution in [3.63, 3.8) is 0 Å². The molecule has 0 atom stereocenters. The van der Waals surface area contributed by atoms with E-state index in [1.54, 1.807) is 0 Å². The van der Waals surface area contributed by atoms with E-state index in [4.69, 9.17) is 0 Å². The molecule has 0 unspecified atom stereocenters. The summed E-state index contributed by atoms with van der Waals surface area (Å²) in [6.45, 7) is 0. The van der Waals surface area contributed by atoms with Gasteiger partial charge in [0.15, 0.2) is 0 Å². The molecule has 5 heavy (non-hydrogen) atoms. The van der Waals surface area contributed by atoms with Gasteiger partial charge in [-0.2, -0.15) is 0 Å². The minimum absolute atomic E-state index is 0. The van der Waals surface area contributed by atoms with Crippen LogP contribution in [0.3, 0.4) is 0 Å². The summed E-state index contributed by atoms with van der Waals surface area (Å²) in [5.41, 5.74) is 0. The van der Waals surface area contributed by atoms with E-state index in [9.17, 15) is 5.02 Å². The average Bonchev–Trinajstić information content (AvgIpc) is 0.918. The van der Waals surface area contributed by atoms with Gasteiger partial charge in [-0.15, -0.1) is 0 Å². The van der Waals surface area contributed by atoms with Crippen molar-refractivity contribution in [3.05, 3.63) is 0 Å². The number of hydrogen-bond donors (Lipinski definition) is 0. The summed E-state index contributed by atoms with van der Waals surface area (Å²) in [6.07, 6.45) is 0. The van der Waals surface area contributed by atoms with Gasteiger partial charge in [0, 0.05) is 0 Å². The Morgan fingerprint density at radius 1 is 1.00 bits per heavy atom. The van der Waals surface area contributed by atoms with Crippen LogP contribution in [0.5, 0.6) is 0 Å². The fourth-order valence-corrected chi connectivity index (χ4v) is 0. The average molecular weight is 281 g/mol. The van der Waals surface area contributed by atoms with Gasteiger partial charge in [0.05, 0.1) is 0 Å². The molecule has 34 valence electrons. The van der Waals surface area contributed by atoms with Crippen LogP contribution in [0.15, 0.2) is 0 Å². The minimum atomic E-state index is -2.92. The normalized spacial score (nSPS) is 3.60. The monoisotopic (exact) mass is 282 g/mol. The summed E-state index contributed by atoms with van der Waals surface area (Å²) >= 11 is -2.92. The Balaban J connectivity index is -0.0000000200. The number of halogens is 2. The summed E-state index contributed by atoms with van der Waals surface area (Å²) in [4.78, 5) is 0. The number of rotatable bonds is 0. The molecule has 0 aromatic rings. The SMILES string of the molecule is O.O.[F][Pb][F]. The van der Waals surface area contributed by atoms with Gasteiger partial charge in [-0.25, -0.2) is 0 Å². The van der Waals surface area contributed by atoms with Crippen LogP contribution in [0.25, 0.3) is 0 Å². The summed E-state index contributed by atoms with van der Waals surface area (Å²) in [6, 6.07) is 0. The van der Waals surface area contributed by atoms with Crippen molar-refractivity contribution in [2.45, 2.75) is 0 Å². The fourth-order valence-electron chi connectivity index (χ4n) is 0. The summed E-state index contributed by atoms with van der Waals surface area (Å²) in [7, 11) is 0.